The Hall–Kier alpha value is -0.460. The fourth-order valence-electron chi connectivity index (χ4n) is 1.46. The number of halogens is 2. The van der Waals surface area contributed by atoms with Gasteiger partial charge in [0.1, 0.15) is 0 Å². The van der Waals surface area contributed by atoms with E-state index in [-0.39, 0.29) is 0 Å². The lowest BCUT2D eigenvalue weighted by Gasteiger charge is -2.12. The fraction of sp³-hybridized carbons (Fsp3) is 0.333. The molecule has 0 bridgehead atoms. The van der Waals surface area contributed by atoms with Gasteiger partial charge < -0.3 is 0 Å². The molecule has 2 heteroatoms. The van der Waals surface area contributed by atoms with E-state index in [1.165, 1.54) is 11.1 Å². The molecule has 0 saturated carbocycles. The van der Waals surface area contributed by atoms with Crippen molar-refractivity contribution in [2.45, 2.75) is 26.2 Å². The monoisotopic (exact) mass is 228 g/mol. The first kappa shape index (κ1) is 11.6. The van der Waals surface area contributed by atoms with Gasteiger partial charge in [-0.15, -0.1) is 6.58 Å². The Morgan fingerprint density at radius 3 is 2.50 bits per heavy atom. The van der Waals surface area contributed by atoms with Crippen LogP contribution in [0.25, 0.3) is 0 Å². The second kappa shape index (κ2) is 4.86. The second-order valence-electron chi connectivity index (χ2n) is 3.74. The maximum atomic E-state index is 5.94. The molecule has 0 spiro atoms. The van der Waals surface area contributed by atoms with E-state index in [0.29, 0.717) is 16.0 Å². The van der Waals surface area contributed by atoms with Crippen LogP contribution in [0.4, 0.5) is 0 Å². The highest BCUT2D eigenvalue weighted by Crippen LogP contribution is 2.28. The van der Waals surface area contributed by atoms with Crippen LogP contribution in [-0.4, -0.2) is 0 Å². The molecule has 1 aromatic rings. The van der Waals surface area contributed by atoms with Crippen molar-refractivity contribution in [1.82, 2.24) is 0 Å². The van der Waals surface area contributed by atoms with Crippen LogP contribution in [0.15, 0.2) is 30.4 Å². The van der Waals surface area contributed by atoms with Crippen LogP contribution in [0.3, 0.4) is 0 Å². The van der Waals surface area contributed by atoms with Crippen LogP contribution >= 0.6 is 23.2 Å². The minimum atomic E-state index is 0.447. The van der Waals surface area contributed by atoms with E-state index in [4.69, 9.17) is 23.2 Å². The van der Waals surface area contributed by atoms with E-state index in [0.717, 1.165) is 6.42 Å². The zero-order valence-electron chi connectivity index (χ0n) is 8.48. The summed E-state index contributed by atoms with van der Waals surface area (Å²) in [5, 5.41) is 1.23. The van der Waals surface area contributed by atoms with Crippen LogP contribution in [0.2, 0.25) is 10.0 Å². The largest absolute Gasteiger partial charge is 0.100 e. The van der Waals surface area contributed by atoms with Crippen LogP contribution in [-0.2, 0) is 0 Å². The number of benzene rings is 1. The van der Waals surface area contributed by atoms with E-state index in [1.54, 1.807) is 0 Å². The van der Waals surface area contributed by atoms with Gasteiger partial charge in [0.25, 0.3) is 0 Å². The quantitative estimate of drug-likeness (QED) is 0.635. The summed E-state index contributed by atoms with van der Waals surface area (Å²) < 4.78 is 0. The molecule has 0 fully saturated rings. The van der Waals surface area contributed by atoms with Crippen LogP contribution < -0.4 is 0 Å². The summed E-state index contributed by atoms with van der Waals surface area (Å²) in [5.74, 6) is 0.447. The number of allylic oxidation sites excluding steroid dienone is 1. The molecule has 0 aliphatic carbocycles. The lowest BCUT2D eigenvalue weighted by molar-refractivity contribution is 0.753. The summed E-state index contributed by atoms with van der Waals surface area (Å²) in [6.07, 6.45) is 0.984. The molecule has 0 aliphatic rings. The average Bonchev–Trinajstić information content (AvgIpc) is 2.08. The third-order valence-corrected chi connectivity index (χ3v) is 2.91. The van der Waals surface area contributed by atoms with Gasteiger partial charge in [0.15, 0.2) is 0 Å². The van der Waals surface area contributed by atoms with E-state index < -0.39 is 0 Å². The third kappa shape index (κ3) is 3.04. The third-order valence-electron chi connectivity index (χ3n) is 2.17. The summed E-state index contributed by atoms with van der Waals surface area (Å²) >= 11 is 11.8. The van der Waals surface area contributed by atoms with Gasteiger partial charge in [0.2, 0.25) is 0 Å². The van der Waals surface area contributed by atoms with Crippen molar-refractivity contribution in [1.29, 1.82) is 0 Å². The molecule has 14 heavy (non-hydrogen) atoms. The summed E-state index contributed by atoms with van der Waals surface area (Å²) in [6, 6.07) is 5.79. The molecule has 0 heterocycles. The molecule has 0 saturated heterocycles. The molecular weight excluding hydrogens is 215 g/mol. The fourth-order valence-corrected chi connectivity index (χ4v) is 1.77. The minimum Gasteiger partial charge on any atom is -0.100 e. The van der Waals surface area contributed by atoms with Crippen LogP contribution in [0.1, 0.15) is 31.7 Å². The maximum Gasteiger partial charge on any atom is 0.0595 e. The molecule has 1 unspecified atom stereocenters. The Morgan fingerprint density at radius 2 is 2.00 bits per heavy atom. The van der Waals surface area contributed by atoms with Crippen molar-refractivity contribution in [3.8, 4) is 0 Å². The zero-order chi connectivity index (χ0) is 10.7. The Morgan fingerprint density at radius 1 is 1.36 bits per heavy atom. The second-order valence-corrected chi connectivity index (χ2v) is 4.55. The Labute approximate surface area is 95.5 Å². The van der Waals surface area contributed by atoms with Crippen LogP contribution in [0, 0.1) is 0 Å². The van der Waals surface area contributed by atoms with Gasteiger partial charge in [0.05, 0.1) is 10.0 Å². The molecule has 0 radical (unpaired) electrons. The molecular formula is C12H14Cl2. The number of hydrogen-bond acceptors (Lipinski definition) is 0. The average molecular weight is 229 g/mol. The van der Waals surface area contributed by atoms with Gasteiger partial charge in [-0.25, -0.2) is 0 Å². The molecule has 76 valence electrons. The molecule has 0 N–H and O–H groups in total. The standard InChI is InChI=1S/C12H14Cl2/c1-8(2)6-9(3)10-4-5-11(13)12(14)7-10/h4-5,7,9H,1,6H2,2-3H3. The van der Waals surface area contributed by atoms with Crippen LogP contribution in [0.5, 0.6) is 0 Å². The Bertz CT molecular complexity index is 342. The lowest BCUT2D eigenvalue weighted by Crippen LogP contribution is -1.93. The topological polar surface area (TPSA) is 0 Å². The molecule has 0 amide bonds. The number of hydrogen-bond donors (Lipinski definition) is 0. The van der Waals surface area contributed by atoms with E-state index in [2.05, 4.69) is 13.5 Å². The van der Waals surface area contributed by atoms with Crippen molar-refractivity contribution in [2.75, 3.05) is 0 Å². The van der Waals surface area contributed by atoms with Gasteiger partial charge in [0, 0.05) is 0 Å². The minimum absolute atomic E-state index is 0.447. The molecule has 0 aromatic heterocycles. The first-order chi connectivity index (χ1) is 6.50. The van der Waals surface area contributed by atoms with Crippen molar-refractivity contribution >= 4 is 23.2 Å². The molecule has 0 aliphatic heterocycles. The molecule has 1 atom stereocenters. The van der Waals surface area contributed by atoms with E-state index in [1.807, 2.05) is 25.1 Å². The van der Waals surface area contributed by atoms with Gasteiger partial charge in [-0.1, -0.05) is 41.8 Å². The summed E-state index contributed by atoms with van der Waals surface area (Å²) in [7, 11) is 0. The highest BCUT2D eigenvalue weighted by Gasteiger charge is 2.07. The van der Waals surface area contributed by atoms with Gasteiger partial charge in [-0.3, -0.25) is 0 Å². The summed E-state index contributed by atoms with van der Waals surface area (Å²) in [5.41, 5.74) is 2.39. The molecule has 1 aromatic carbocycles. The first-order valence-corrected chi connectivity index (χ1v) is 5.35. The number of rotatable bonds is 3. The first-order valence-electron chi connectivity index (χ1n) is 4.60. The van der Waals surface area contributed by atoms with Crippen molar-refractivity contribution < 1.29 is 0 Å². The van der Waals surface area contributed by atoms with Gasteiger partial charge in [-0.05, 0) is 37.0 Å². The zero-order valence-corrected chi connectivity index (χ0v) is 9.99. The highest BCUT2D eigenvalue weighted by atomic mass is 35.5. The Kier molecular flexibility index (Phi) is 4.03. The lowest BCUT2D eigenvalue weighted by atomic mass is 9.95. The highest BCUT2D eigenvalue weighted by molar-refractivity contribution is 6.42. The maximum absolute atomic E-state index is 5.94. The van der Waals surface area contributed by atoms with Crippen molar-refractivity contribution in [3.63, 3.8) is 0 Å². The normalized spacial score (nSPS) is 12.6. The van der Waals surface area contributed by atoms with Gasteiger partial charge >= 0.3 is 0 Å². The van der Waals surface area contributed by atoms with Crippen molar-refractivity contribution in [3.05, 3.63) is 46.0 Å². The molecule has 1 rings (SSSR count). The van der Waals surface area contributed by atoms with E-state index >= 15 is 0 Å². The SMILES string of the molecule is C=C(C)CC(C)c1ccc(Cl)c(Cl)c1. The van der Waals surface area contributed by atoms with E-state index in [9.17, 15) is 0 Å². The predicted octanol–water partition coefficient (Wildman–Crippen LogP) is 5.06. The Balaban J connectivity index is 2.85. The van der Waals surface area contributed by atoms with Gasteiger partial charge in [-0.2, -0.15) is 0 Å². The smallest absolute Gasteiger partial charge is 0.0595 e. The summed E-state index contributed by atoms with van der Waals surface area (Å²) in [6.45, 7) is 8.10. The summed E-state index contributed by atoms with van der Waals surface area (Å²) in [4.78, 5) is 0. The van der Waals surface area contributed by atoms with Crippen molar-refractivity contribution in [2.24, 2.45) is 0 Å². The predicted molar refractivity (Wildman–Crippen MR) is 64.3 cm³/mol. The molecule has 0 nitrogen and oxygen atoms in total.